The summed E-state index contributed by atoms with van der Waals surface area (Å²) < 4.78 is 25.1. The first-order valence-electron chi connectivity index (χ1n) is 10.1. The largest absolute Gasteiger partial charge is 0.313 e. The average Bonchev–Trinajstić information content (AvgIpc) is 2.95. The van der Waals surface area contributed by atoms with Gasteiger partial charge in [0.15, 0.2) is 0 Å². The van der Waals surface area contributed by atoms with Crippen LogP contribution in [0.3, 0.4) is 0 Å². The van der Waals surface area contributed by atoms with Crippen LogP contribution in [0.5, 0.6) is 0 Å². The number of hydrogen-bond donors (Lipinski definition) is 1. The van der Waals surface area contributed by atoms with Crippen molar-refractivity contribution in [3.8, 4) is 0 Å². The van der Waals surface area contributed by atoms with E-state index in [1.165, 1.54) is 51.2 Å². The minimum absolute atomic E-state index is 0.489. The SMILES string of the molecule is CC[C@@H](NC[C@H]1CCN(S(C)(=O)=O)C1)C12CC3CC(CC(C3)C1)C2. The van der Waals surface area contributed by atoms with E-state index in [9.17, 15) is 8.42 Å². The topological polar surface area (TPSA) is 49.4 Å². The molecule has 24 heavy (non-hydrogen) atoms. The summed E-state index contributed by atoms with van der Waals surface area (Å²) in [6.45, 7) is 4.75. The monoisotopic (exact) mass is 354 g/mol. The molecule has 0 spiro atoms. The fraction of sp³-hybridized carbons (Fsp3) is 1.00. The van der Waals surface area contributed by atoms with Gasteiger partial charge >= 0.3 is 0 Å². The van der Waals surface area contributed by atoms with Gasteiger partial charge in [-0.25, -0.2) is 12.7 Å². The van der Waals surface area contributed by atoms with E-state index in [-0.39, 0.29) is 0 Å². The molecule has 5 rings (SSSR count). The molecule has 5 aliphatic rings. The zero-order chi connectivity index (χ0) is 16.9. The van der Waals surface area contributed by atoms with Gasteiger partial charge in [-0.3, -0.25) is 0 Å². The van der Waals surface area contributed by atoms with Crippen molar-refractivity contribution in [2.75, 3.05) is 25.9 Å². The maximum Gasteiger partial charge on any atom is 0.211 e. The second-order valence-electron chi connectivity index (χ2n) is 9.42. The summed E-state index contributed by atoms with van der Waals surface area (Å²) in [4.78, 5) is 0. The second kappa shape index (κ2) is 6.24. The first-order valence-corrected chi connectivity index (χ1v) is 11.9. The normalized spacial score (nSPS) is 43.4. The Morgan fingerprint density at radius 2 is 1.71 bits per heavy atom. The summed E-state index contributed by atoms with van der Waals surface area (Å²) in [6, 6.07) is 0.637. The summed E-state index contributed by atoms with van der Waals surface area (Å²) in [5.74, 6) is 3.49. The molecule has 1 saturated heterocycles. The third-order valence-corrected chi connectivity index (χ3v) is 8.87. The minimum atomic E-state index is -3.01. The van der Waals surface area contributed by atoms with Crippen molar-refractivity contribution >= 4 is 10.0 Å². The van der Waals surface area contributed by atoms with Crippen LogP contribution in [-0.2, 0) is 10.0 Å². The molecule has 0 aromatic heterocycles. The van der Waals surface area contributed by atoms with Gasteiger partial charge in [0.1, 0.15) is 0 Å². The molecular formula is C19H34N2O2S. The Morgan fingerprint density at radius 3 is 2.17 bits per heavy atom. The van der Waals surface area contributed by atoms with Gasteiger partial charge in [0.25, 0.3) is 0 Å². The molecule has 1 N–H and O–H groups in total. The lowest BCUT2D eigenvalue weighted by Gasteiger charge is -2.59. The van der Waals surface area contributed by atoms with Crippen molar-refractivity contribution in [2.24, 2.45) is 29.1 Å². The lowest BCUT2D eigenvalue weighted by Crippen LogP contribution is -2.56. The molecule has 0 radical (unpaired) electrons. The highest BCUT2D eigenvalue weighted by molar-refractivity contribution is 7.88. The van der Waals surface area contributed by atoms with Crippen LogP contribution in [-0.4, -0.2) is 44.7 Å². The molecule has 4 aliphatic carbocycles. The third kappa shape index (κ3) is 3.16. The average molecular weight is 355 g/mol. The van der Waals surface area contributed by atoms with E-state index in [2.05, 4.69) is 12.2 Å². The molecule has 0 aromatic carbocycles. The summed E-state index contributed by atoms with van der Waals surface area (Å²) in [5, 5.41) is 3.92. The van der Waals surface area contributed by atoms with Crippen molar-refractivity contribution in [2.45, 2.75) is 64.3 Å². The molecule has 138 valence electrons. The molecule has 5 heteroatoms. The Kier molecular flexibility index (Phi) is 4.50. The molecule has 4 bridgehead atoms. The number of nitrogens with one attached hydrogen (secondary N) is 1. The molecule has 5 fully saturated rings. The summed E-state index contributed by atoms with van der Waals surface area (Å²) in [5.41, 5.74) is 0.554. The van der Waals surface area contributed by atoms with E-state index in [4.69, 9.17) is 0 Å². The number of rotatable bonds is 6. The predicted octanol–water partition coefficient (Wildman–Crippen LogP) is 2.85. The fourth-order valence-corrected chi connectivity index (χ4v) is 7.89. The van der Waals surface area contributed by atoms with Crippen LogP contribution >= 0.6 is 0 Å². The highest BCUT2D eigenvalue weighted by Gasteiger charge is 2.53. The highest BCUT2D eigenvalue weighted by Crippen LogP contribution is 2.61. The minimum Gasteiger partial charge on any atom is -0.313 e. The van der Waals surface area contributed by atoms with Crippen molar-refractivity contribution in [3.05, 3.63) is 0 Å². The number of sulfonamides is 1. The number of nitrogens with zero attached hydrogens (tertiary/aromatic N) is 1. The van der Waals surface area contributed by atoms with Gasteiger partial charge in [-0.2, -0.15) is 0 Å². The highest BCUT2D eigenvalue weighted by atomic mass is 32.2. The van der Waals surface area contributed by atoms with Crippen LogP contribution in [0, 0.1) is 29.1 Å². The van der Waals surface area contributed by atoms with Gasteiger partial charge in [0.05, 0.1) is 6.26 Å². The molecular weight excluding hydrogens is 320 g/mol. The maximum absolute atomic E-state index is 11.7. The fourth-order valence-electron chi connectivity index (χ4n) is 6.97. The molecule has 0 unspecified atom stereocenters. The maximum atomic E-state index is 11.7. The Bertz CT molecular complexity index is 539. The lowest BCUT2D eigenvalue weighted by atomic mass is 9.47. The van der Waals surface area contributed by atoms with Crippen LogP contribution in [0.1, 0.15) is 58.3 Å². The molecule has 4 nitrogen and oxygen atoms in total. The molecule has 1 heterocycles. The van der Waals surface area contributed by atoms with E-state index in [0.29, 0.717) is 30.5 Å². The summed E-state index contributed by atoms with van der Waals surface area (Å²) >= 11 is 0. The first-order chi connectivity index (χ1) is 11.4. The molecule has 0 aromatic rings. The first kappa shape index (κ1) is 17.3. The van der Waals surface area contributed by atoms with Gasteiger partial charge in [0, 0.05) is 19.1 Å². The second-order valence-corrected chi connectivity index (χ2v) is 11.4. The molecule has 4 saturated carbocycles. The van der Waals surface area contributed by atoms with E-state index >= 15 is 0 Å². The van der Waals surface area contributed by atoms with Crippen molar-refractivity contribution in [1.82, 2.24) is 9.62 Å². The zero-order valence-electron chi connectivity index (χ0n) is 15.3. The zero-order valence-corrected chi connectivity index (χ0v) is 16.2. The van der Waals surface area contributed by atoms with E-state index in [1.807, 2.05) is 0 Å². The Hall–Kier alpha value is -0.130. The Balaban J connectivity index is 1.37. The molecule has 2 atom stereocenters. The summed E-state index contributed by atoms with van der Waals surface area (Å²) in [7, 11) is -3.01. The van der Waals surface area contributed by atoms with Crippen molar-refractivity contribution < 1.29 is 8.42 Å². The van der Waals surface area contributed by atoms with E-state index in [0.717, 1.165) is 30.7 Å². The van der Waals surface area contributed by atoms with Gasteiger partial charge in [-0.05, 0) is 87.0 Å². The van der Waals surface area contributed by atoms with Crippen molar-refractivity contribution in [3.63, 3.8) is 0 Å². The Morgan fingerprint density at radius 1 is 1.12 bits per heavy atom. The van der Waals surface area contributed by atoms with Crippen molar-refractivity contribution in [1.29, 1.82) is 0 Å². The molecule has 0 amide bonds. The van der Waals surface area contributed by atoms with Gasteiger partial charge < -0.3 is 5.32 Å². The standard InChI is InChI=1S/C19H34N2O2S/c1-3-18(20-12-14-4-5-21(13-14)24(2,22)23)19-9-15-6-16(10-19)8-17(7-15)11-19/h14-18,20H,3-13H2,1-2H3/t14-,15?,16?,17?,18-,19?/m1/s1. The van der Waals surface area contributed by atoms with Crippen LogP contribution < -0.4 is 5.32 Å². The van der Waals surface area contributed by atoms with Crippen LogP contribution in [0.15, 0.2) is 0 Å². The quantitative estimate of drug-likeness (QED) is 0.798. The molecule has 1 aliphatic heterocycles. The van der Waals surface area contributed by atoms with E-state index in [1.54, 1.807) is 4.31 Å². The Labute approximate surface area is 147 Å². The van der Waals surface area contributed by atoms with E-state index < -0.39 is 10.0 Å². The third-order valence-electron chi connectivity index (χ3n) is 7.60. The van der Waals surface area contributed by atoms with Crippen LogP contribution in [0.25, 0.3) is 0 Å². The van der Waals surface area contributed by atoms with Gasteiger partial charge in [0.2, 0.25) is 10.0 Å². The van der Waals surface area contributed by atoms with Crippen LogP contribution in [0.4, 0.5) is 0 Å². The lowest BCUT2D eigenvalue weighted by molar-refractivity contribution is -0.0748. The summed E-state index contributed by atoms with van der Waals surface area (Å²) in [6.07, 6.45) is 12.4. The number of hydrogen-bond acceptors (Lipinski definition) is 3. The smallest absolute Gasteiger partial charge is 0.211 e. The van der Waals surface area contributed by atoms with Gasteiger partial charge in [-0.1, -0.05) is 6.92 Å². The predicted molar refractivity (Wildman–Crippen MR) is 97.2 cm³/mol. The van der Waals surface area contributed by atoms with Crippen LogP contribution in [0.2, 0.25) is 0 Å². The van der Waals surface area contributed by atoms with Gasteiger partial charge in [-0.15, -0.1) is 0 Å².